The smallest absolute Gasteiger partial charge is 0.264 e. The summed E-state index contributed by atoms with van der Waals surface area (Å²) in [5.74, 6) is 2.74. The Hall–Kier alpha value is -6.66. The highest BCUT2D eigenvalue weighted by Gasteiger charge is 2.27. The van der Waals surface area contributed by atoms with Gasteiger partial charge in [0.2, 0.25) is 21.9 Å². The van der Waals surface area contributed by atoms with Gasteiger partial charge in [-0.15, -0.1) is 0 Å². The first-order valence-electron chi connectivity index (χ1n) is 25.9. The maximum atomic E-state index is 13.2. The number of rotatable bonds is 16. The van der Waals surface area contributed by atoms with E-state index in [0.29, 0.717) is 81.9 Å². The highest BCUT2D eigenvalue weighted by molar-refractivity contribution is 7.92. The van der Waals surface area contributed by atoms with E-state index in [0.717, 1.165) is 94.9 Å². The number of aryl methyl sites for hydroxylation is 2. The second-order valence-electron chi connectivity index (χ2n) is 19.3. The van der Waals surface area contributed by atoms with Gasteiger partial charge in [0.05, 0.1) is 47.5 Å². The van der Waals surface area contributed by atoms with Crippen molar-refractivity contribution in [2.75, 3.05) is 52.8 Å². The number of sulfonamides is 2. The van der Waals surface area contributed by atoms with E-state index in [1.54, 1.807) is 96.9 Å². The highest BCUT2D eigenvalue weighted by Crippen LogP contribution is 2.31. The van der Waals surface area contributed by atoms with Gasteiger partial charge in [-0.25, -0.2) is 26.8 Å². The van der Waals surface area contributed by atoms with E-state index in [1.807, 2.05) is 23.0 Å². The molecule has 1 aliphatic heterocycles. The van der Waals surface area contributed by atoms with Crippen LogP contribution in [0.4, 0.5) is 40.6 Å². The molecule has 23 heteroatoms. The number of benzene rings is 3. The number of aliphatic hydroxyl groups excluding tert-OH is 2. The van der Waals surface area contributed by atoms with E-state index in [4.69, 9.17) is 24.7 Å². The van der Waals surface area contributed by atoms with Crippen LogP contribution >= 0.6 is 0 Å². The van der Waals surface area contributed by atoms with Crippen molar-refractivity contribution in [3.05, 3.63) is 85.5 Å². The third-order valence-corrected chi connectivity index (χ3v) is 17.9. The van der Waals surface area contributed by atoms with Crippen molar-refractivity contribution in [1.82, 2.24) is 43.3 Å². The van der Waals surface area contributed by atoms with Crippen LogP contribution in [0.15, 0.2) is 95.2 Å². The van der Waals surface area contributed by atoms with Gasteiger partial charge in [-0.05, 0) is 151 Å². The normalized spacial score (nSPS) is 19.7. The van der Waals surface area contributed by atoms with Gasteiger partial charge in [-0.2, -0.15) is 24.2 Å². The predicted octanol–water partition coefficient (Wildman–Crippen LogP) is 8.01. The van der Waals surface area contributed by atoms with Crippen LogP contribution in [-0.2, 0) is 33.1 Å². The van der Waals surface area contributed by atoms with Gasteiger partial charge in [0.1, 0.15) is 5.75 Å². The van der Waals surface area contributed by atoms with Crippen LogP contribution in [0, 0.1) is 0 Å². The molecule has 0 bridgehead atoms. The molecule has 2 saturated carbocycles. The van der Waals surface area contributed by atoms with Crippen molar-refractivity contribution < 1.29 is 31.8 Å². The maximum Gasteiger partial charge on any atom is 0.264 e. The number of aliphatic hydroxyl groups is 2. The number of hydrogen-bond acceptors (Lipinski definition) is 17. The standard InChI is InChI=1S/C27H33N7O4S.C25H35N7O3S/c1-4-34-17-28-24-25(31-27(32-26(24)34)30-19-5-11-21(35)12-6-19)29-18-7-15-23(16-8-18)39(36,37)33(2)20-9-13-22(38-3)14-10-20;1-2-31-17-26-22-23(29-25(30-24(22)31)28-19-7-11-20(33)12-8-19)27-18-9-13-21(14-10-18)36(34,35)32-15-5-3-4-6-16-32/h7-10,13-17,19,21,35H,4-6,11-12H2,1-3H3,(H2,29,30,31,32);9-10,13-14,17,19-20,33H,2-8,11-12,15-16H2,1H3,(H2,27,28,29,30)/t19-,21-;19-,20-. The average Bonchev–Trinajstić information content (AvgIpc) is 3.93. The molecule has 10 rings (SSSR count). The lowest BCUT2D eigenvalue weighted by atomic mass is 9.93. The topological polar surface area (TPSA) is 260 Å². The Morgan fingerprint density at radius 3 is 1.47 bits per heavy atom. The Kier molecular flexibility index (Phi) is 16.6. The number of methoxy groups -OCH3 is 1. The molecule has 2 aliphatic carbocycles. The molecule has 4 aromatic heterocycles. The minimum atomic E-state index is -3.77. The minimum Gasteiger partial charge on any atom is -0.497 e. The molecule has 400 valence electrons. The Morgan fingerprint density at radius 1 is 0.600 bits per heavy atom. The lowest BCUT2D eigenvalue weighted by Gasteiger charge is -2.26. The van der Waals surface area contributed by atoms with Crippen LogP contribution in [0.1, 0.15) is 90.9 Å². The molecule has 1 saturated heterocycles. The van der Waals surface area contributed by atoms with Crippen LogP contribution in [0.3, 0.4) is 0 Å². The van der Waals surface area contributed by atoms with Gasteiger partial charge >= 0.3 is 0 Å². The van der Waals surface area contributed by atoms with E-state index < -0.39 is 20.0 Å². The van der Waals surface area contributed by atoms with E-state index in [1.165, 1.54) is 11.4 Å². The SMILES string of the molecule is CCn1cnc2c(Nc3ccc(S(=O)(=O)N(C)c4ccc(OC)cc4)cc3)nc(N[C@H]3CC[C@H](O)CC3)nc21.CCn1cnc2c(Nc3ccc(S(=O)(=O)N4CCCCCC4)cc3)nc(N[C@H]3CC[C@H](O)CC3)nc21. The van der Waals surface area contributed by atoms with Crippen molar-refractivity contribution in [3.63, 3.8) is 0 Å². The largest absolute Gasteiger partial charge is 0.497 e. The van der Waals surface area contributed by atoms with E-state index in [9.17, 15) is 27.0 Å². The summed E-state index contributed by atoms with van der Waals surface area (Å²) < 4.78 is 64.6. The summed E-state index contributed by atoms with van der Waals surface area (Å²) >= 11 is 0. The molecule has 21 nitrogen and oxygen atoms in total. The number of fused-ring (bicyclic) bond motifs is 2. The number of hydrogen-bond donors (Lipinski definition) is 6. The first-order chi connectivity index (χ1) is 36.2. The van der Waals surface area contributed by atoms with Crippen molar-refractivity contribution in [3.8, 4) is 5.75 Å². The highest BCUT2D eigenvalue weighted by atomic mass is 32.2. The molecule has 0 radical (unpaired) electrons. The van der Waals surface area contributed by atoms with Crippen LogP contribution in [0.25, 0.3) is 22.3 Å². The van der Waals surface area contributed by atoms with Crippen molar-refractivity contribution in [2.24, 2.45) is 0 Å². The monoisotopic (exact) mass is 1060 g/mol. The molecule has 7 aromatic rings. The Balaban J connectivity index is 0.000000184. The Bertz CT molecular complexity index is 3240. The van der Waals surface area contributed by atoms with Gasteiger partial charge < -0.3 is 45.4 Å². The predicted molar refractivity (Wildman–Crippen MR) is 291 cm³/mol. The first-order valence-corrected chi connectivity index (χ1v) is 28.8. The lowest BCUT2D eigenvalue weighted by Crippen LogP contribution is -2.31. The van der Waals surface area contributed by atoms with E-state index in [2.05, 4.69) is 31.2 Å². The molecule has 0 atom stereocenters. The quantitative estimate of drug-likeness (QED) is 0.0535. The maximum absolute atomic E-state index is 13.2. The molecule has 75 heavy (non-hydrogen) atoms. The van der Waals surface area contributed by atoms with Crippen LogP contribution in [0.5, 0.6) is 5.75 Å². The average molecular weight is 1070 g/mol. The zero-order valence-corrected chi connectivity index (χ0v) is 44.6. The number of imidazole rings is 2. The van der Waals surface area contributed by atoms with Gasteiger partial charge in [0.25, 0.3) is 10.0 Å². The van der Waals surface area contributed by atoms with Gasteiger partial charge in [-0.3, -0.25) is 4.31 Å². The first kappa shape index (κ1) is 53.2. The second-order valence-corrected chi connectivity index (χ2v) is 23.2. The summed E-state index contributed by atoms with van der Waals surface area (Å²) in [5.41, 5.74) is 4.63. The van der Waals surface area contributed by atoms with E-state index >= 15 is 0 Å². The summed E-state index contributed by atoms with van der Waals surface area (Å²) in [6, 6.07) is 20.6. The number of nitrogens with one attached hydrogen (secondary N) is 4. The molecule has 0 unspecified atom stereocenters. The molecule has 5 heterocycles. The molecule has 3 fully saturated rings. The number of aromatic nitrogens is 8. The number of anilines is 7. The van der Waals surface area contributed by atoms with Crippen LogP contribution in [-0.4, -0.2) is 122 Å². The van der Waals surface area contributed by atoms with Gasteiger partial charge in [-0.1, -0.05) is 12.8 Å². The molecule has 3 aromatic carbocycles. The third kappa shape index (κ3) is 12.4. The third-order valence-electron chi connectivity index (χ3n) is 14.2. The van der Waals surface area contributed by atoms with Gasteiger partial charge in [0.15, 0.2) is 34.0 Å². The summed E-state index contributed by atoms with van der Waals surface area (Å²) in [7, 11) is -4.18. The molecule has 0 amide bonds. The Morgan fingerprint density at radius 2 is 1.04 bits per heavy atom. The second kappa shape index (κ2) is 23.5. The molecule has 3 aliphatic rings. The summed E-state index contributed by atoms with van der Waals surface area (Å²) in [5, 5.41) is 33.1. The minimum absolute atomic E-state index is 0.163. The number of ether oxygens (including phenoxy) is 1. The lowest BCUT2D eigenvalue weighted by molar-refractivity contribution is 0.125. The fraction of sp³-hybridized carbons (Fsp3) is 0.462. The van der Waals surface area contributed by atoms with E-state index in [-0.39, 0.29) is 29.2 Å². The van der Waals surface area contributed by atoms with Crippen LogP contribution < -0.4 is 30.3 Å². The molecular weight excluding hydrogens is 997 g/mol. The van der Waals surface area contributed by atoms with Gasteiger partial charge in [0, 0.05) is 56.7 Å². The molecular formula is C52H68N14O7S2. The molecule has 6 N–H and O–H groups in total. The Labute approximate surface area is 438 Å². The summed E-state index contributed by atoms with van der Waals surface area (Å²) in [6.07, 6.45) is 13.5. The van der Waals surface area contributed by atoms with Crippen LogP contribution in [0.2, 0.25) is 0 Å². The fourth-order valence-corrected chi connectivity index (χ4v) is 12.4. The van der Waals surface area contributed by atoms with Crippen molar-refractivity contribution in [2.45, 2.75) is 138 Å². The summed E-state index contributed by atoms with van der Waals surface area (Å²) in [4.78, 5) is 28.3. The molecule has 0 spiro atoms. The number of nitrogens with zero attached hydrogens (tertiary/aromatic N) is 10. The fourth-order valence-electron chi connectivity index (χ4n) is 9.67. The summed E-state index contributed by atoms with van der Waals surface area (Å²) in [6.45, 7) is 6.65. The van der Waals surface area contributed by atoms with Crippen molar-refractivity contribution >= 4 is 83.0 Å². The van der Waals surface area contributed by atoms with Crippen molar-refractivity contribution in [1.29, 1.82) is 0 Å². The zero-order chi connectivity index (χ0) is 52.7. The zero-order valence-electron chi connectivity index (χ0n) is 42.9.